The van der Waals surface area contributed by atoms with E-state index in [-0.39, 0.29) is 24.2 Å². The fraction of sp³-hybridized carbons (Fsp3) is 0.368. The van der Waals surface area contributed by atoms with Crippen molar-refractivity contribution in [3.63, 3.8) is 0 Å². The first-order valence-electron chi connectivity index (χ1n) is 8.97. The number of hydrogen-bond donors (Lipinski definition) is 2. The Balaban J connectivity index is 1.36. The maximum Gasteiger partial charge on any atom is 0.226 e. The van der Waals surface area contributed by atoms with Crippen LogP contribution in [0.2, 0.25) is 0 Å². The number of aromatic nitrogens is 2. The summed E-state index contributed by atoms with van der Waals surface area (Å²) in [5.74, 6) is 0.578. The van der Waals surface area contributed by atoms with Gasteiger partial charge >= 0.3 is 0 Å². The zero-order chi connectivity index (χ0) is 19.1. The van der Waals surface area contributed by atoms with E-state index in [1.165, 1.54) is 0 Å². The molecule has 2 N–H and O–H groups in total. The highest BCUT2D eigenvalue weighted by Gasteiger charge is 2.25. The summed E-state index contributed by atoms with van der Waals surface area (Å²) in [5.41, 5.74) is 0.741. The molecule has 7 nitrogen and oxygen atoms in total. The Morgan fingerprint density at radius 2 is 1.78 bits per heavy atom. The Labute approximate surface area is 166 Å². The third-order valence-corrected chi connectivity index (χ3v) is 5.01. The van der Waals surface area contributed by atoms with Crippen LogP contribution >= 0.6 is 15.9 Å². The Morgan fingerprint density at radius 3 is 2.44 bits per heavy atom. The van der Waals surface area contributed by atoms with Gasteiger partial charge in [0.25, 0.3) is 0 Å². The number of amides is 2. The lowest BCUT2D eigenvalue weighted by Gasteiger charge is -2.31. The second-order valence-corrected chi connectivity index (χ2v) is 7.32. The molecule has 0 spiro atoms. The summed E-state index contributed by atoms with van der Waals surface area (Å²) in [7, 11) is 0. The van der Waals surface area contributed by atoms with Gasteiger partial charge in [-0.05, 0) is 43.2 Å². The van der Waals surface area contributed by atoms with Crippen LogP contribution in [0.25, 0.3) is 0 Å². The minimum Gasteiger partial charge on any atom is -0.355 e. The molecule has 0 bridgehead atoms. The second-order valence-electron chi connectivity index (χ2n) is 6.41. The summed E-state index contributed by atoms with van der Waals surface area (Å²) in [4.78, 5) is 34.9. The zero-order valence-electron chi connectivity index (χ0n) is 14.9. The number of anilines is 2. The average Bonchev–Trinajstić information content (AvgIpc) is 2.70. The highest BCUT2D eigenvalue weighted by molar-refractivity contribution is 9.10. The molecule has 8 heteroatoms. The fourth-order valence-corrected chi connectivity index (χ4v) is 3.26. The number of carbonyl (C=O) groups is 2. The maximum absolute atomic E-state index is 12.3. The van der Waals surface area contributed by atoms with E-state index >= 15 is 0 Å². The summed E-state index contributed by atoms with van der Waals surface area (Å²) in [6, 6.07) is 9.17. The molecule has 0 unspecified atom stereocenters. The quantitative estimate of drug-likeness (QED) is 0.733. The first-order chi connectivity index (χ1) is 13.1. The van der Waals surface area contributed by atoms with E-state index in [9.17, 15) is 9.59 Å². The van der Waals surface area contributed by atoms with E-state index in [0.717, 1.165) is 36.1 Å². The Morgan fingerprint density at radius 1 is 1.11 bits per heavy atom. The number of benzene rings is 1. The number of rotatable bonds is 6. The number of nitrogens with zero attached hydrogens (tertiary/aromatic N) is 3. The first-order valence-corrected chi connectivity index (χ1v) is 9.76. The van der Waals surface area contributed by atoms with Crippen LogP contribution in [0, 0.1) is 5.92 Å². The maximum atomic E-state index is 12.3. The van der Waals surface area contributed by atoms with Gasteiger partial charge in [-0.2, -0.15) is 0 Å². The molecule has 1 aromatic heterocycles. The van der Waals surface area contributed by atoms with Crippen LogP contribution in [-0.4, -0.2) is 41.4 Å². The van der Waals surface area contributed by atoms with Crippen LogP contribution in [0.1, 0.15) is 19.3 Å². The molecule has 3 rings (SSSR count). The predicted molar refractivity (Wildman–Crippen MR) is 107 cm³/mol. The summed E-state index contributed by atoms with van der Waals surface area (Å²) in [5, 5.41) is 5.69. The normalized spacial score (nSPS) is 14.6. The predicted octanol–water partition coefficient (Wildman–Crippen LogP) is 2.60. The van der Waals surface area contributed by atoms with Crippen molar-refractivity contribution in [3.05, 3.63) is 47.2 Å². The van der Waals surface area contributed by atoms with E-state index in [1.54, 1.807) is 18.5 Å². The van der Waals surface area contributed by atoms with E-state index < -0.39 is 0 Å². The van der Waals surface area contributed by atoms with Gasteiger partial charge in [-0.25, -0.2) is 9.97 Å². The van der Waals surface area contributed by atoms with Crippen LogP contribution in [0.4, 0.5) is 11.6 Å². The minimum atomic E-state index is -0.117. The molecule has 142 valence electrons. The second kappa shape index (κ2) is 9.45. The van der Waals surface area contributed by atoms with Gasteiger partial charge in [-0.3, -0.25) is 9.59 Å². The standard InChI is InChI=1S/C19H22BrN5O2/c20-15-2-4-16(5-3-15)24-17(26)6-11-21-18(27)14-7-12-25(13-8-14)19-22-9-1-10-23-19/h1-5,9-10,14H,6-8,11-13H2,(H,21,27)(H,24,26). The molecule has 0 aliphatic carbocycles. The molecule has 0 saturated carbocycles. The summed E-state index contributed by atoms with van der Waals surface area (Å²) >= 11 is 3.35. The van der Waals surface area contributed by atoms with Crippen molar-refractivity contribution in [1.82, 2.24) is 15.3 Å². The van der Waals surface area contributed by atoms with Crippen molar-refractivity contribution in [1.29, 1.82) is 0 Å². The van der Waals surface area contributed by atoms with E-state index in [0.29, 0.717) is 12.5 Å². The lowest BCUT2D eigenvalue weighted by atomic mass is 9.96. The van der Waals surface area contributed by atoms with Crippen molar-refractivity contribution in [2.45, 2.75) is 19.3 Å². The highest BCUT2D eigenvalue weighted by atomic mass is 79.9. The van der Waals surface area contributed by atoms with Crippen LogP contribution in [0.5, 0.6) is 0 Å². The van der Waals surface area contributed by atoms with E-state index in [2.05, 4.69) is 41.4 Å². The molecule has 1 aliphatic heterocycles. The summed E-state index contributed by atoms with van der Waals surface area (Å²) in [6.45, 7) is 1.85. The van der Waals surface area contributed by atoms with Gasteiger partial charge in [0.2, 0.25) is 17.8 Å². The molecule has 1 fully saturated rings. The topological polar surface area (TPSA) is 87.2 Å². The van der Waals surface area contributed by atoms with Crippen molar-refractivity contribution in [3.8, 4) is 0 Å². The molecular weight excluding hydrogens is 410 g/mol. The van der Waals surface area contributed by atoms with Crippen molar-refractivity contribution >= 4 is 39.4 Å². The largest absolute Gasteiger partial charge is 0.355 e. The van der Waals surface area contributed by atoms with Gasteiger partial charge in [0.15, 0.2) is 0 Å². The lowest BCUT2D eigenvalue weighted by Crippen LogP contribution is -2.41. The smallest absolute Gasteiger partial charge is 0.226 e. The molecule has 1 aliphatic rings. The van der Waals surface area contributed by atoms with Crippen LogP contribution in [0.3, 0.4) is 0 Å². The van der Waals surface area contributed by atoms with Crippen molar-refractivity contribution in [2.24, 2.45) is 5.92 Å². The minimum absolute atomic E-state index is 0.0140. The molecule has 27 heavy (non-hydrogen) atoms. The number of carbonyl (C=O) groups excluding carboxylic acids is 2. The number of halogens is 1. The number of nitrogens with one attached hydrogen (secondary N) is 2. The van der Waals surface area contributed by atoms with Gasteiger partial charge in [-0.1, -0.05) is 15.9 Å². The molecule has 0 atom stereocenters. The summed E-state index contributed by atoms with van der Waals surface area (Å²) < 4.78 is 0.956. The van der Waals surface area contributed by atoms with E-state index in [4.69, 9.17) is 0 Å². The van der Waals surface area contributed by atoms with Crippen molar-refractivity contribution < 1.29 is 9.59 Å². The summed E-state index contributed by atoms with van der Waals surface area (Å²) in [6.07, 6.45) is 5.21. The van der Waals surface area contributed by atoms with Crippen molar-refractivity contribution in [2.75, 3.05) is 29.9 Å². The average molecular weight is 432 g/mol. The van der Waals surface area contributed by atoms with Crippen LogP contribution < -0.4 is 15.5 Å². The monoisotopic (exact) mass is 431 g/mol. The molecule has 1 aromatic carbocycles. The Kier molecular flexibility index (Phi) is 6.75. The Hall–Kier alpha value is -2.48. The highest BCUT2D eigenvalue weighted by Crippen LogP contribution is 2.20. The van der Waals surface area contributed by atoms with Gasteiger partial charge in [0.1, 0.15) is 0 Å². The molecular formula is C19H22BrN5O2. The fourth-order valence-electron chi connectivity index (χ4n) is 3.00. The van der Waals surface area contributed by atoms with Gasteiger partial charge in [-0.15, -0.1) is 0 Å². The van der Waals surface area contributed by atoms with Gasteiger partial charge < -0.3 is 15.5 Å². The number of piperidine rings is 1. The molecule has 1 saturated heterocycles. The molecule has 2 heterocycles. The molecule has 2 amide bonds. The van der Waals surface area contributed by atoms with Crippen LogP contribution in [-0.2, 0) is 9.59 Å². The lowest BCUT2D eigenvalue weighted by molar-refractivity contribution is -0.125. The molecule has 0 radical (unpaired) electrons. The third-order valence-electron chi connectivity index (χ3n) is 4.48. The van der Waals surface area contributed by atoms with Gasteiger partial charge in [0, 0.05) is 54.5 Å². The zero-order valence-corrected chi connectivity index (χ0v) is 16.5. The third kappa shape index (κ3) is 5.75. The number of hydrogen-bond acceptors (Lipinski definition) is 5. The van der Waals surface area contributed by atoms with Gasteiger partial charge in [0.05, 0.1) is 0 Å². The van der Waals surface area contributed by atoms with E-state index in [1.807, 2.05) is 24.3 Å². The first kappa shape index (κ1) is 19.3. The van der Waals surface area contributed by atoms with Crippen LogP contribution in [0.15, 0.2) is 47.2 Å². The Bertz CT molecular complexity index is 761. The molecule has 2 aromatic rings. The SMILES string of the molecule is O=C(CCNC(=O)C1CCN(c2ncccn2)CC1)Nc1ccc(Br)cc1.